The molecule has 0 aliphatic heterocycles. The van der Waals surface area contributed by atoms with E-state index in [1.165, 1.54) is 42.6 Å². The Morgan fingerprint density at radius 3 is 2.41 bits per heavy atom. The van der Waals surface area contributed by atoms with Crippen molar-refractivity contribution in [2.24, 2.45) is 5.14 Å². The first kappa shape index (κ1) is 21.0. The molecule has 3 aromatic rings. The van der Waals surface area contributed by atoms with Crippen LogP contribution in [0.15, 0.2) is 65.7 Å². The minimum absolute atomic E-state index is 0.0105. The van der Waals surface area contributed by atoms with E-state index in [0.29, 0.717) is 12.1 Å². The molecule has 1 aromatic heterocycles. The van der Waals surface area contributed by atoms with Crippen molar-refractivity contribution in [1.82, 2.24) is 9.29 Å². The molecule has 8 nitrogen and oxygen atoms in total. The maximum absolute atomic E-state index is 14.4. The van der Waals surface area contributed by atoms with Gasteiger partial charge in [0.15, 0.2) is 0 Å². The highest BCUT2D eigenvalue weighted by Gasteiger charge is 2.23. The van der Waals surface area contributed by atoms with Gasteiger partial charge in [-0.15, -0.1) is 0 Å². The highest BCUT2D eigenvalue weighted by Crippen LogP contribution is 2.29. The van der Waals surface area contributed by atoms with Crippen molar-refractivity contribution < 1.29 is 21.2 Å². The number of halogens is 1. The molecule has 0 unspecified atom stereocenters. The Hall–Kier alpha value is -2.73. The molecule has 0 spiro atoms. The third kappa shape index (κ3) is 4.65. The highest BCUT2D eigenvalue weighted by atomic mass is 32.2. The molecule has 29 heavy (non-hydrogen) atoms. The molecule has 0 aliphatic rings. The smallest absolute Gasteiger partial charge is 0.296 e. The number of anilines is 1. The van der Waals surface area contributed by atoms with Crippen LogP contribution in [0.4, 0.5) is 10.1 Å². The van der Waals surface area contributed by atoms with E-state index in [-0.39, 0.29) is 21.8 Å². The van der Waals surface area contributed by atoms with Crippen molar-refractivity contribution in [2.75, 3.05) is 11.8 Å². The van der Waals surface area contributed by atoms with Crippen LogP contribution in [0.2, 0.25) is 0 Å². The van der Waals surface area contributed by atoms with Gasteiger partial charge in [0.05, 0.1) is 16.3 Å². The zero-order valence-electron chi connectivity index (χ0n) is 15.3. The van der Waals surface area contributed by atoms with Gasteiger partial charge in [-0.2, -0.15) is 8.42 Å². The Kier molecular flexibility index (Phi) is 5.75. The van der Waals surface area contributed by atoms with E-state index < -0.39 is 26.0 Å². The van der Waals surface area contributed by atoms with E-state index in [1.807, 2.05) is 4.72 Å². The molecular formula is C18H19FN4O4S2. The molecule has 1 heterocycles. The van der Waals surface area contributed by atoms with Gasteiger partial charge in [0.1, 0.15) is 5.82 Å². The Morgan fingerprint density at radius 1 is 1.03 bits per heavy atom. The third-order valence-electron chi connectivity index (χ3n) is 4.02. The third-order valence-corrected chi connectivity index (χ3v) is 6.21. The first-order valence-electron chi connectivity index (χ1n) is 8.39. The molecule has 0 aliphatic carbocycles. The summed E-state index contributed by atoms with van der Waals surface area (Å²) in [6, 6.07) is 12.6. The van der Waals surface area contributed by atoms with Crippen LogP contribution in [0.5, 0.6) is 0 Å². The lowest BCUT2D eigenvalue weighted by Gasteiger charge is -2.12. The van der Waals surface area contributed by atoms with Gasteiger partial charge in [-0.05, 0) is 49.0 Å². The fourth-order valence-electron chi connectivity index (χ4n) is 2.86. The van der Waals surface area contributed by atoms with E-state index in [4.69, 9.17) is 5.14 Å². The molecule has 0 atom stereocenters. The van der Waals surface area contributed by atoms with Gasteiger partial charge >= 0.3 is 0 Å². The fourth-order valence-corrected chi connectivity index (χ4v) is 4.75. The van der Waals surface area contributed by atoms with Crippen molar-refractivity contribution >= 4 is 25.9 Å². The summed E-state index contributed by atoms with van der Waals surface area (Å²) in [5.74, 6) is -0.567. The summed E-state index contributed by atoms with van der Waals surface area (Å²) >= 11 is 0. The number of nitrogens with two attached hydrogens (primary N) is 1. The quantitative estimate of drug-likeness (QED) is 0.520. The predicted molar refractivity (Wildman–Crippen MR) is 108 cm³/mol. The lowest BCUT2D eigenvalue weighted by atomic mass is 10.1. The van der Waals surface area contributed by atoms with E-state index in [0.717, 1.165) is 10.0 Å². The second-order valence-electron chi connectivity index (χ2n) is 6.22. The first-order valence-corrected chi connectivity index (χ1v) is 11.4. The number of hydrogen-bond acceptors (Lipinski definition) is 5. The predicted octanol–water partition coefficient (Wildman–Crippen LogP) is 1.87. The van der Waals surface area contributed by atoms with Gasteiger partial charge in [-0.25, -0.2) is 21.9 Å². The van der Waals surface area contributed by atoms with E-state index in [2.05, 4.69) is 5.32 Å². The van der Waals surface area contributed by atoms with Crippen molar-refractivity contribution in [3.05, 3.63) is 72.2 Å². The Bertz CT molecular complexity index is 1250. The normalized spacial score (nSPS) is 12.1. The summed E-state index contributed by atoms with van der Waals surface area (Å²) in [6.07, 6.45) is 1.40. The number of nitrogens with zero attached hydrogens (tertiary/aromatic N) is 1. The first-order chi connectivity index (χ1) is 13.6. The Balaban J connectivity index is 2.17. The highest BCUT2D eigenvalue weighted by molar-refractivity contribution is 7.90. The molecule has 11 heteroatoms. The molecule has 0 radical (unpaired) electrons. The van der Waals surface area contributed by atoms with Crippen molar-refractivity contribution in [3.8, 4) is 11.3 Å². The van der Waals surface area contributed by atoms with E-state index in [1.54, 1.807) is 19.2 Å². The van der Waals surface area contributed by atoms with Crippen LogP contribution in [0.3, 0.4) is 0 Å². The summed E-state index contributed by atoms with van der Waals surface area (Å²) in [6.45, 7) is 0.372. The van der Waals surface area contributed by atoms with E-state index in [9.17, 15) is 21.2 Å². The maximum atomic E-state index is 14.4. The van der Waals surface area contributed by atoms with Crippen LogP contribution in [0, 0.1) is 5.82 Å². The Labute approximate surface area is 168 Å². The van der Waals surface area contributed by atoms with Gasteiger partial charge < -0.3 is 5.32 Å². The monoisotopic (exact) mass is 438 g/mol. The van der Waals surface area contributed by atoms with Crippen LogP contribution < -0.4 is 15.2 Å². The maximum Gasteiger partial charge on any atom is 0.296 e. The van der Waals surface area contributed by atoms with Crippen LogP contribution in [0.25, 0.3) is 11.3 Å². The number of hydrogen-bond donors (Lipinski definition) is 3. The zero-order chi connectivity index (χ0) is 21.2. The molecule has 0 fully saturated rings. The van der Waals surface area contributed by atoms with Crippen LogP contribution in [-0.4, -0.2) is 27.9 Å². The molecule has 0 amide bonds. The molecule has 154 valence electrons. The molecular weight excluding hydrogens is 419 g/mol. The fraction of sp³-hybridized carbons (Fsp3) is 0.111. The minimum atomic E-state index is -4.16. The SMILES string of the molecule is CNCc1cc(-c2ccccc2F)n(S(=O)(=O)c2cccc(NS(N)(=O)=O)c2)c1. The average Bonchev–Trinajstić information content (AvgIpc) is 3.06. The van der Waals surface area contributed by atoms with E-state index >= 15 is 0 Å². The summed E-state index contributed by atoms with van der Waals surface area (Å²) in [7, 11) is -6.53. The summed E-state index contributed by atoms with van der Waals surface area (Å²) < 4.78 is 66.5. The van der Waals surface area contributed by atoms with Gasteiger partial charge in [0.25, 0.3) is 20.2 Å². The number of aromatic nitrogens is 1. The largest absolute Gasteiger partial charge is 0.316 e. The van der Waals surface area contributed by atoms with Crippen molar-refractivity contribution in [3.63, 3.8) is 0 Å². The molecule has 0 bridgehead atoms. The van der Waals surface area contributed by atoms with Crippen molar-refractivity contribution in [2.45, 2.75) is 11.4 Å². The lowest BCUT2D eigenvalue weighted by molar-refractivity contribution is 0.587. The second-order valence-corrected chi connectivity index (χ2v) is 9.33. The topological polar surface area (TPSA) is 123 Å². The van der Waals surface area contributed by atoms with Crippen LogP contribution >= 0.6 is 0 Å². The lowest BCUT2D eigenvalue weighted by Crippen LogP contribution is -2.22. The number of nitrogens with one attached hydrogen (secondary N) is 2. The van der Waals surface area contributed by atoms with Gasteiger partial charge in [-0.1, -0.05) is 18.2 Å². The van der Waals surface area contributed by atoms with Gasteiger partial charge in [-0.3, -0.25) is 4.72 Å². The van der Waals surface area contributed by atoms with Crippen LogP contribution in [0.1, 0.15) is 5.56 Å². The number of rotatable bonds is 7. The standard InChI is InChI=1S/C18H19FN4O4S2/c1-21-11-13-9-18(16-7-2-3-8-17(16)19)23(12-13)28(24,25)15-6-4-5-14(10-15)22-29(20,26)27/h2-10,12,21-22H,11H2,1H3,(H2,20,26,27). The van der Waals surface area contributed by atoms with Crippen LogP contribution in [-0.2, 0) is 26.8 Å². The zero-order valence-corrected chi connectivity index (χ0v) is 17.0. The molecule has 0 saturated heterocycles. The summed E-state index contributed by atoms with van der Waals surface area (Å²) in [4.78, 5) is -0.185. The molecule has 4 N–H and O–H groups in total. The summed E-state index contributed by atoms with van der Waals surface area (Å²) in [5.41, 5.74) is 0.896. The summed E-state index contributed by atoms with van der Waals surface area (Å²) in [5, 5.41) is 7.87. The minimum Gasteiger partial charge on any atom is -0.316 e. The van der Waals surface area contributed by atoms with Gasteiger partial charge in [0.2, 0.25) is 0 Å². The van der Waals surface area contributed by atoms with Gasteiger partial charge in [0, 0.05) is 18.3 Å². The average molecular weight is 439 g/mol. The number of benzene rings is 2. The molecule has 0 saturated carbocycles. The molecule has 2 aromatic carbocycles. The second kappa shape index (κ2) is 7.95. The molecule has 3 rings (SSSR count). The Morgan fingerprint density at radius 2 is 1.76 bits per heavy atom. The van der Waals surface area contributed by atoms with Crippen molar-refractivity contribution in [1.29, 1.82) is 0 Å².